The van der Waals surface area contributed by atoms with Gasteiger partial charge < -0.3 is 20.1 Å². The summed E-state index contributed by atoms with van der Waals surface area (Å²) in [5.74, 6) is -4.11. The van der Waals surface area contributed by atoms with Gasteiger partial charge >= 0.3 is 17.9 Å². The molecule has 7 nitrogen and oxygen atoms in total. The minimum atomic E-state index is -2.28. The van der Waals surface area contributed by atoms with E-state index in [-0.39, 0.29) is 19.4 Å². The van der Waals surface area contributed by atoms with Crippen LogP contribution in [0.5, 0.6) is 0 Å². The Morgan fingerprint density at radius 3 is 1.45 bits per heavy atom. The maximum atomic E-state index is 12.7. The van der Waals surface area contributed by atoms with Gasteiger partial charge in [0.05, 0.1) is 6.42 Å². The molecule has 0 spiro atoms. The van der Waals surface area contributed by atoms with E-state index in [4.69, 9.17) is 4.74 Å². The van der Waals surface area contributed by atoms with Crippen molar-refractivity contribution in [1.29, 1.82) is 0 Å². The van der Waals surface area contributed by atoms with Crippen molar-refractivity contribution >= 4 is 17.9 Å². The number of aliphatic carboxylic acids is 3. The van der Waals surface area contributed by atoms with Gasteiger partial charge in [0.15, 0.2) is 5.60 Å². The van der Waals surface area contributed by atoms with Gasteiger partial charge in [0.2, 0.25) is 0 Å². The van der Waals surface area contributed by atoms with E-state index in [0.717, 1.165) is 57.8 Å². The highest BCUT2D eigenvalue weighted by Gasteiger charge is 2.63. The summed E-state index contributed by atoms with van der Waals surface area (Å²) in [6.07, 6.45) is 9.07. The first-order valence-corrected chi connectivity index (χ1v) is 12.1. The highest BCUT2D eigenvalue weighted by atomic mass is 16.5. The normalized spacial score (nSPS) is 13.6. The smallest absolute Gasteiger partial charge is 0.337 e. The van der Waals surface area contributed by atoms with Crippen LogP contribution in [0.25, 0.3) is 0 Å². The summed E-state index contributed by atoms with van der Waals surface area (Å²) in [6, 6.07) is 0. The number of ether oxygens (including phenoxy) is 1. The van der Waals surface area contributed by atoms with E-state index in [0.29, 0.717) is 19.3 Å². The monoisotopic (exact) mass is 444 g/mol. The molecule has 0 radical (unpaired) electrons. The van der Waals surface area contributed by atoms with Crippen LogP contribution >= 0.6 is 0 Å². The zero-order valence-corrected chi connectivity index (χ0v) is 19.8. The predicted octanol–water partition coefficient (Wildman–Crippen LogP) is 5.89. The van der Waals surface area contributed by atoms with Crippen LogP contribution in [-0.4, -0.2) is 45.4 Å². The Bertz CT molecular complexity index is 520. The van der Waals surface area contributed by atoms with Crippen molar-refractivity contribution < 1.29 is 34.4 Å². The third-order valence-corrected chi connectivity index (χ3v) is 6.19. The van der Waals surface area contributed by atoms with Gasteiger partial charge in [-0.1, -0.05) is 91.4 Å². The molecule has 0 fully saturated rings. The molecule has 0 saturated carbocycles. The molecule has 0 aliphatic rings. The van der Waals surface area contributed by atoms with Gasteiger partial charge in [-0.05, 0) is 19.3 Å². The van der Waals surface area contributed by atoms with Crippen molar-refractivity contribution in [3.8, 4) is 0 Å². The summed E-state index contributed by atoms with van der Waals surface area (Å²) in [6.45, 7) is 6.18. The molecule has 0 heterocycles. The molecule has 31 heavy (non-hydrogen) atoms. The highest BCUT2D eigenvalue weighted by Crippen LogP contribution is 2.47. The number of carboxylic acid groups (broad SMARTS) is 3. The Morgan fingerprint density at radius 2 is 1.10 bits per heavy atom. The first-order chi connectivity index (χ1) is 14.7. The van der Waals surface area contributed by atoms with Gasteiger partial charge in [-0.3, -0.25) is 9.59 Å². The summed E-state index contributed by atoms with van der Waals surface area (Å²) in [5.41, 5.74) is -4.06. The van der Waals surface area contributed by atoms with Gasteiger partial charge in [0.1, 0.15) is 5.41 Å². The molecule has 0 aromatic carbocycles. The molecule has 0 rings (SSSR count). The molecular weight excluding hydrogens is 400 g/mol. The lowest BCUT2D eigenvalue weighted by atomic mass is 9.63. The second-order valence-corrected chi connectivity index (χ2v) is 8.62. The first-order valence-electron chi connectivity index (χ1n) is 12.1. The lowest BCUT2D eigenvalue weighted by Crippen LogP contribution is -2.61. The van der Waals surface area contributed by atoms with Gasteiger partial charge in [0.25, 0.3) is 0 Å². The Kier molecular flexibility index (Phi) is 15.2. The number of carbonyl (C=O) groups is 3. The van der Waals surface area contributed by atoms with Crippen molar-refractivity contribution in [1.82, 2.24) is 0 Å². The molecule has 0 aliphatic carbocycles. The molecule has 7 heteroatoms. The first kappa shape index (κ1) is 29.4. The van der Waals surface area contributed by atoms with Gasteiger partial charge in [0, 0.05) is 6.61 Å². The Labute approximate surface area is 187 Å². The SMILES string of the molecule is CCCCCCOC(CC(=O)O)(C(=O)O)C(CCCCCC)(CCCCCC)C(=O)O. The second-order valence-electron chi connectivity index (χ2n) is 8.62. The Morgan fingerprint density at radius 1 is 0.645 bits per heavy atom. The quantitative estimate of drug-likeness (QED) is 0.189. The fourth-order valence-corrected chi connectivity index (χ4v) is 4.31. The topological polar surface area (TPSA) is 121 Å². The third kappa shape index (κ3) is 9.17. The van der Waals surface area contributed by atoms with E-state index in [2.05, 4.69) is 6.92 Å². The average Bonchev–Trinajstić information content (AvgIpc) is 2.71. The summed E-state index contributed by atoms with van der Waals surface area (Å²) in [7, 11) is 0. The minimum Gasteiger partial charge on any atom is -0.481 e. The molecule has 182 valence electrons. The van der Waals surface area contributed by atoms with Gasteiger partial charge in [-0.2, -0.15) is 0 Å². The Balaban J connectivity index is 6.09. The van der Waals surface area contributed by atoms with E-state index in [1.54, 1.807) is 0 Å². The third-order valence-electron chi connectivity index (χ3n) is 6.19. The van der Waals surface area contributed by atoms with Crippen molar-refractivity contribution in [3.63, 3.8) is 0 Å². The highest BCUT2D eigenvalue weighted by molar-refractivity contribution is 5.92. The molecule has 3 N–H and O–H groups in total. The van der Waals surface area contributed by atoms with E-state index in [9.17, 15) is 29.7 Å². The largest absolute Gasteiger partial charge is 0.481 e. The zero-order chi connectivity index (χ0) is 23.8. The zero-order valence-electron chi connectivity index (χ0n) is 19.8. The van der Waals surface area contributed by atoms with Crippen LogP contribution in [0.4, 0.5) is 0 Å². The molecule has 1 unspecified atom stereocenters. The van der Waals surface area contributed by atoms with Gasteiger partial charge in [-0.25, -0.2) is 4.79 Å². The average molecular weight is 445 g/mol. The molecular formula is C24H44O7. The molecule has 1 atom stereocenters. The number of hydrogen-bond donors (Lipinski definition) is 3. The van der Waals surface area contributed by atoms with Crippen molar-refractivity contribution in [2.75, 3.05) is 6.61 Å². The van der Waals surface area contributed by atoms with Crippen molar-refractivity contribution in [2.24, 2.45) is 5.41 Å². The summed E-state index contributed by atoms with van der Waals surface area (Å²) in [4.78, 5) is 37.0. The van der Waals surface area contributed by atoms with Crippen LogP contribution in [0.3, 0.4) is 0 Å². The van der Waals surface area contributed by atoms with E-state index in [1.165, 1.54) is 0 Å². The summed E-state index contributed by atoms with van der Waals surface area (Å²) in [5, 5.41) is 30.1. The number of unbranched alkanes of at least 4 members (excludes halogenated alkanes) is 9. The molecule has 0 bridgehead atoms. The summed E-state index contributed by atoms with van der Waals surface area (Å²) >= 11 is 0. The lowest BCUT2D eigenvalue weighted by Gasteiger charge is -2.44. The lowest BCUT2D eigenvalue weighted by molar-refractivity contribution is -0.208. The number of hydrogen-bond acceptors (Lipinski definition) is 4. The van der Waals surface area contributed by atoms with Crippen LogP contribution in [0.15, 0.2) is 0 Å². The number of rotatable bonds is 21. The molecule has 0 aliphatic heterocycles. The van der Waals surface area contributed by atoms with Crippen LogP contribution < -0.4 is 0 Å². The van der Waals surface area contributed by atoms with Crippen molar-refractivity contribution in [3.05, 3.63) is 0 Å². The summed E-state index contributed by atoms with van der Waals surface area (Å²) < 4.78 is 5.83. The molecule has 0 saturated heterocycles. The second kappa shape index (κ2) is 16.1. The minimum absolute atomic E-state index is 0.0402. The predicted molar refractivity (Wildman–Crippen MR) is 120 cm³/mol. The van der Waals surface area contributed by atoms with Crippen LogP contribution in [0, 0.1) is 5.41 Å². The maximum Gasteiger partial charge on any atom is 0.337 e. The standard InChI is InChI=1S/C24H44O7/c1-4-7-10-13-16-23(21(27)28,17-14-11-8-5-2)24(22(29)30,19-20(25)26)31-18-15-12-9-6-3/h4-19H2,1-3H3,(H,25,26)(H,27,28)(H,29,30). The fourth-order valence-electron chi connectivity index (χ4n) is 4.31. The van der Waals surface area contributed by atoms with E-state index >= 15 is 0 Å². The molecule has 0 aromatic heterocycles. The number of carboxylic acids is 3. The Hall–Kier alpha value is -1.63. The van der Waals surface area contributed by atoms with E-state index in [1.807, 2.05) is 13.8 Å². The van der Waals surface area contributed by atoms with Crippen LogP contribution in [0.1, 0.15) is 117 Å². The van der Waals surface area contributed by atoms with E-state index < -0.39 is 35.3 Å². The fraction of sp³-hybridized carbons (Fsp3) is 0.875. The van der Waals surface area contributed by atoms with Crippen molar-refractivity contribution in [2.45, 2.75) is 123 Å². The molecule has 0 amide bonds. The maximum absolute atomic E-state index is 12.7. The van der Waals surface area contributed by atoms with Crippen LogP contribution in [0.2, 0.25) is 0 Å². The van der Waals surface area contributed by atoms with Crippen LogP contribution in [-0.2, 0) is 19.1 Å². The molecule has 0 aromatic rings. The van der Waals surface area contributed by atoms with Gasteiger partial charge in [-0.15, -0.1) is 0 Å².